The topological polar surface area (TPSA) is 39.7 Å². The Balaban J connectivity index is 1.67. The summed E-state index contributed by atoms with van der Waals surface area (Å²) in [7, 11) is 0. The summed E-state index contributed by atoms with van der Waals surface area (Å²) >= 11 is 0. The molecule has 1 atom stereocenters. The van der Waals surface area contributed by atoms with Gasteiger partial charge in [-0.2, -0.15) is 0 Å². The fraction of sp³-hybridized carbons (Fsp3) is 1.00. The average molecular weight is 199 g/mol. The van der Waals surface area contributed by atoms with E-state index < -0.39 is 5.97 Å². The molecule has 0 aliphatic carbocycles. The van der Waals surface area contributed by atoms with Gasteiger partial charge in [-0.25, -0.2) is 0 Å². The number of hydrogen-bond donors (Lipinski definition) is 1. The lowest BCUT2D eigenvalue weighted by Gasteiger charge is -2.26. The van der Waals surface area contributed by atoms with Crippen molar-refractivity contribution in [1.82, 2.24) is 5.32 Å². The maximum atomic E-state index is 5.84. The second-order valence-electron chi connectivity index (χ2n) is 4.88. The summed E-state index contributed by atoms with van der Waals surface area (Å²) in [5.41, 5.74) is -0.188. The zero-order valence-electron chi connectivity index (χ0n) is 8.54. The van der Waals surface area contributed by atoms with Gasteiger partial charge < -0.3 is 19.5 Å². The third-order valence-electron chi connectivity index (χ3n) is 3.30. The minimum absolute atomic E-state index is 0.188. The summed E-state index contributed by atoms with van der Waals surface area (Å²) in [6, 6.07) is 0. The van der Waals surface area contributed by atoms with E-state index in [1.165, 1.54) is 6.42 Å². The van der Waals surface area contributed by atoms with Crippen LogP contribution in [0.15, 0.2) is 0 Å². The molecule has 80 valence electrons. The molecule has 0 spiro atoms. The van der Waals surface area contributed by atoms with Crippen molar-refractivity contribution in [3.8, 4) is 0 Å². The van der Waals surface area contributed by atoms with E-state index in [2.05, 4.69) is 12.2 Å². The average Bonchev–Trinajstić information content (AvgIpc) is 2.80. The van der Waals surface area contributed by atoms with Crippen LogP contribution in [0.5, 0.6) is 0 Å². The largest absolute Gasteiger partial charge is 0.324 e. The van der Waals surface area contributed by atoms with Crippen molar-refractivity contribution in [3.63, 3.8) is 0 Å². The van der Waals surface area contributed by atoms with Gasteiger partial charge in [-0.1, -0.05) is 0 Å². The molecule has 0 amide bonds. The van der Waals surface area contributed by atoms with Crippen molar-refractivity contribution in [2.24, 2.45) is 5.92 Å². The van der Waals surface area contributed by atoms with E-state index in [0.29, 0.717) is 19.1 Å². The zero-order valence-corrected chi connectivity index (χ0v) is 8.54. The molecule has 4 nitrogen and oxygen atoms in total. The van der Waals surface area contributed by atoms with Gasteiger partial charge in [-0.3, -0.25) is 0 Å². The first-order valence-corrected chi connectivity index (χ1v) is 5.39. The van der Waals surface area contributed by atoms with Crippen LogP contribution in [0.25, 0.3) is 0 Å². The molecule has 3 aliphatic rings. The van der Waals surface area contributed by atoms with Gasteiger partial charge in [0.2, 0.25) is 0 Å². The van der Waals surface area contributed by atoms with Crippen molar-refractivity contribution in [1.29, 1.82) is 0 Å². The van der Waals surface area contributed by atoms with E-state index in [1.54, 1.807) is 0 Å². The van der Waals surface area contributed by atoms with Gasteiger partial charge in [0.15, 0.2) is 0 Å². The molecular formula is C10H17NO3. The van der Waals surface area contributed by atoms with Crippen LogP contribution in [0.1, 0.15) is 19.8 Å². The smallest absolute Gasteiger partial charge is 0.284 e. The van der Waals surface area contributed by atoms with Gasteiger partial charge in [0.25, 0.3) is 5.97 Å². The molecule has 0 radical (unpaired) electrons. The predicted octanol–water partition coefficient (Wildman–Crippen LogP) is 0.475. The fourth-order valence-electron chi connectivity index (χ4n) is 2.50. The van der Waals surface area contributed by atoms with Crippen molar-refractivity contribution in [2.45, 2.75) is 31.3 Å². The second kappa shape index (κ2) is 2.92. The Bertz CT molecular complexity index is 230. The van der Waals surface area contributed by atoms with E-state index in [-0.39, 0.29) is 5.60 Å². The van der Waals surface area contributed by atoms with Crippen molar-refractivity contribution < 1.29 is 14.2 Å². The molecule has 4 heteroatoms. The summed E-state index contributed by atoms with van der Waals surface area (Å²) in [6.07, 6.45) is 2.07. The van der Waals surface area contributed by atoms with Crippen LogP contribution in [0, 0.1) is 5.92 Å². The van der Waals surface area contributed by atoms with Gasteiger partial charge in [0.05, 0.1) is 13.2 Å². The maximum Gasteiger partial charge on any atom is 0.284 e. The van der Waals surface area contributed by atoms with Crippen LogP contribution < -0.4 is 5.32 Å². The first kappa shape index (κ1) is 9.09. The lowest BCUT2D eigenvalue weighted by atomic mass is 10.0. The van der Waals surface area contributed by atoms with Crippen LogP contribution in [-0.2, 0) is 14.2 Å². The van der Waals surface area contributed by atoms with Crippen LogP contribution >= 0.6 is 0 Å². The van der Waals surface area contributed by atoms with Crippen molar-refractivity contribution >= 4 is 0 Å². The quantitative estimate of drug-likeness (QED) is 0.702. The molecule has 1 N–H and O–H groups in total. The fourth-order valence-corrected chi connectivity index (χ4v) is 2.50. The molecule has 3 rings (SSSR count). The number of rotatable bonds is 2. The standard InChI is InChI=1S/C10H17NO3/c1-9-6-12-10(14-9,13-7-9)4-8-2-3-11-5-8/h8,11H,2-7H2,1H3. The van der Waals surface area contributed by atoms with E-state index >= 15 is 0 Å². The van der Waals surface area contributed by atoms with Crippen molar-refractivity contribution in [3.05, 3.63) is 0 Å². The molecule has 3 aliphatic heterocycles. The molecule has 3 heterocycles. The third-order valence-corrected chi connectivity index (χ3v) is 3.30. The van der Waals surface area contributed by atoms with Gasteiger partial charge in [0.1, 0.15) is 5.60 Å². The first-order valence-electron chi connectivity index (χ1n) is 5.39. The normalized spacial score (nSPS) is 51.6. The summed E-state index contributed by atoms with van der Waals surface area (Å²) in [5.74, 6) is -0.0683. The van der Waals surface area contributed by atoms with Gasteiger partial charge >= 0.3 is 0 Å². The van der Waals surface area contributed by atoms with Crippen molar-refractivity contribution in [2.75, 3.05) is 26.3 Å². The Kier molecular flexibility index (Phi) is 1.89. The molecule has 3 fully saturated rings. The Labute approximate surface area is 83.9 Å². The van der Waals surface area contributed by atoms with E-state index in [1.807, 2.05) is 0 Å². The van der Waals surface area contributed by atoms with Crippen LogP contribution in [0.2, 0.25) is 0 Å². The van der Waals surface area contributed by atoms with Gasteiger partial charge in [0, 0.05) is 6.42 Å². The maximum absolute atomic E-state index is 5.84. The molecule has 1 unspecified atom stereocenters. The molecule has 0 saturated carbocycles. The van der Waals surface area contributed by atoms with E-state index in [4.69, 9.17) is 14.2 Å². The molecular weight excluding hydrogens is 182 g/mol. The first-order chi connectivity index (χ1) is 6.70. The highest BCUT2D eigenvalue weighted by molar-refractivity contribution is 4.91. The van der Waals surface area contributed by atoms with Gasteiger partial charge in [-0.15, -0.1) is 0 Å². The van der Waals surface area contributed by atoms with E-state index in [9.17, 15) is 0 Å². The summed E-state index contributed by atoms with van der Waals surface area (Å²) in [4.78, 5) is 0. The third kappa shape index (κ3) is 1.37. The van der Waals surface area contributed by atoms with Crippen LogP contribution in [0.4, 0.5) is 0 Å². The number of fused-ring (bicyclic) bond motifs is 2. The zero-order chi connectivity index (χ0) is 9.65. The Hall–Kier alpha value is -0.160. The lowest BCUT2D eigenvalue weighted by Crippen LogP contribution is -2.35. The highest BCUT2D eigenvalue weighted by Gasteiger charge is 2.57. The summed E-state index contributed by atoms with van der Waals surface area (Å²) < 4.78 is 17.1. The highest BCUT2D eigenvalue weighted by Crippen LogP contribution is 2.44. The minimum Gasteiger partial charge on any atom is -0.324 e. The number of nitrogens with one attached hydrogen (secondary N) is 1. The molecule has 0 aromatic heterocycles. The molecule has 0 aromatic rings. The minimum atomic E-state index is -0.703. The lowest BCUT2D eigenvalue weighted by molar-refractivity contribution is -0.306. The Morgan fingerprint density at radius 1 is 1.36 bits per heavy atom. The summed E-state index contributed by atoms with van der Waals surface area (Å²) in [5, 5.41) is 3.34. The Morgan fingerprint density at radius 3 is 2.64 bits per heavy atom. The van der Waals surface area contributed by atoms with E-state index in [0.717, 1.165) is 19.5 Å². The molecule has 3 saturated heterocycles. The molecule has 2 bridgehead atoms. The number of ether oxygens (including phenoxy) is 3. The Morgan fingerprint density at radius 2 is 2.14 bits per heavy atom. The monoisotopic (exact) mass is 199 g/mol. The van der Waals surface area contributed by atoms with Crippen LogP contribution in [0.3, 0.4) is 0 Å². The van der Waals surface area contributed by atoms with Crippen LogP contribution in [-0.4, -0.2) is 37.9 Å². The molecule has 14 heavy (non-hydrogen) atoms. The SMILES string of the molecule is CC12COC(CC3CCNC3)(OC1)O2. The summed E-state index contributed by atoms with van der Waals surface area (Å²) in [6.45, 7) is 5.57. The number of hydrogen-bond acceptors (Lipinski definition) is 4. The molecule has 0 aromatic carbocycles. The predicted molar refractivity (Wildman–Crippen MR) is 49.7 cm³/mol. The second-order valence-corrected chi connectivity index (χ2v) is 4.88. The highest BCUT2D eigenvalue weighted by atomic mass is 16.9. The van der Waals surface area contributed by atoms with Gasteiger partial charge in [-0.05, 0) is 32.4 Å².